The molecule has 0 heterocycles. The molecule has 0 bridgehead atoms. The van der Waals surface area contributed by atoms with Gasteiger partial charge in [-0.15, -0.1) is 0 Å². The molecule has 5 N–H and O–H groups in total. The molecule has 0 fully saturated rings. The number of nitrogens with one attached hydrogen (secondary N) is 1. The molecule has 0 aliphatic carbocycles. The quantitative estimate of drug-likeness (QED) is 0.750. The summed E-state index contributed by atoms with van der Waals surface area (Å²) in [6.45, 7) is 0.522. The summed E-state index contributed by atoms with van der Waals surface area (Å²) < 4.78 is 0. The molecule has 4 nitrogen and oxygen atoms in total. The summed E-state index contributed by atoms with van der Waals surface area (Å²) >= 11 is 6.06. The normalized spacial score (nSPS) is 10.2. The summed E-state index contributed by atoms with van der Waals surface area (Å²) in [6.07, 6.45) is 0. The van der Waals surface area contributed by atoms with Gasteiger partial charge in [-0.05, 0) is 29.8 Å². The van der Waals surface area contributed by atoms with E-state index < -0.39 is 5.91 Å². The number of carbonyl (C=O) groups excluding carboxylic acids is 1. The first kappa shape index (κ1) is 13.2. The minimum atomic E-state index is -0.487. The minimum absolute atomic E-state index is 0.410. The lowest BCUT2D eigenvalue weighted by atomic mass is 10.1. The molecule has 19 heavy (non-hydrogen) atoms. The van der Waals surface area contributed by atoms with E-state index in [-0.39, 0.29) is 0 Å². The minimum Gasteiger partial charge on any atom is -0.398 e. The van der Waals surface area contributed by atoms with E-state index in [0.29, 0.717) is 28.5 Å². The van der Waals surface area contributed by atoms with E-state index in [1.54, 1.807) is 18.2 Å². The molecule has 0 aliphatic heterocycles. The van der Waals surface area contributed by atoms with Crippen LogP contribution in [0.3, 0.4) is 0 Å². The van der Waals surface area contributed by atoms with Crippen LogP contribution in [-0.4, -0.2) is 5.91 Å². The Labute approximate surface area is 116 Å². The average molecular weight is 276 g/mol. The summed E-state index contributed by atoms with van der Waals surface area (Å²) in [5, 5.41) is 3.67. The predicted octanol–water partition coefficient (Wildman–Crippen LogP) is 2.63. The smallest absolute Gasteiger partial charge is 0.248 e. The van der Waals surface area contributed by atoms with Crippen molar-refractivity contribution in [2.45, 2.75) is 6.54 Å². The largest absolute Gasteiger partial charge is 0.398 e. The maximum absolute atomic E-state index is 11.1. The number of benzene rings is 2. The molecule has 2 aromatic carbocycles. The lowest BCUT2D eigenvalue weighted by Gasteiger charge is -2.11. The second-order valence-electron chi connectivity index (χ2n) is 4.11. The molecular weight excluding hydrogens is 262 g/mol. The van der Waals surface area contributed by atoms with E-state index in [1.165, 1.54) is 0 Å². The van der Waals surface area contributed by atoms with Gasteiger partial charge < -0.3 is 16.8 Å². The van der Waals surface area contributed by atoms with Crippen LogP contribution in [0.4, 0.5) is 11.4 Å². The number of halogens is 1. The van der Waals surface area contributed by atoms with Gasteiger partial charge in [-0.1, -0.05) is 29.8 Å². The van der Waals surface area contributed by atoms with Gasteiger partial charge in [0, 0.05) is 17.8 Å². The van der Waals surface area contributed by atoms with E-state index in [1.807, 2.05) is 24.3 Å². The van der Waals surface area contributed by atoms with Gasteiger partial charge in [0.15, 0.2) is 0 Å². The molecular formula is C14H14ClN3O. The van der Waals surface area contributed by atoms with Gasteiger partial charge in [-0.3, -0.25) is 4.79 Å². The van der Waals surface area contributed by atoms with Gasteiger partial charge in [0.25, 0.3) is 0 Å². The molecule has 0 atom stereocenters. The fraction of sp³-hybridized carbons (Fsp3) is 0.0714. The fourth-order valence-electron chi connectivity index (χ4n) is 1.70. The van der Waals surface area contributed by atoms with Crippen LogP contribution in [0.2, 0.25) is 5.02 Å². The highest BCUT2D eigenvalue weighted by Crippen LogP contribution is 2.24. The molecule has 1 amide bonds. The number of para-hydroxylation sites is 1. The number of hydrogen-bond acceptors (Lipinski definition) is 3. The first-order valence-corrected chi connectivity index (χ1v) is 6.12. The van der Waals surface area contributed by atoms with Crippen molar-refractivity contribution in [1.29, 1.82) is 0 Å². The number of amides is 1. The molecule has 2 aromatic rings. The number of rotatable bonds is 4. The van der Waals surface area contributed by atoms with Crippen LogP contribution >= 0.6 is 11.6 Å². The molecule has 0 saturated heterocycles. The van der Waals surface area contributed by atoms with Crippen molar-refractivity contribution < 1.29 is 4.79 Å². The molecule has 5 heteroatoms. The van der Waals surface area contributed by atoms with Crippen LogP contribution in [0.1, 0.15) is 15.9 Å². The third-order valence-electron chi connectivity index (χ3n) is 2.78. The number of nitrogens with two attached hydrogens (primary N) is 2. The lowest BCUT2D eigenvalue weighted by molar-refractivity contribution is 0.100. The van der Waals surface area contributed by atoms with Crippen molar-refractivity contribution in [2.24, 2.45) is 5.73 Å². The maximum atomic E-state index is 11.1. The third-order valence-corrected chi connectivity index (χ3v) is 3.10. The molecule has 0 spiro atoms. The topological polar surface area (TPSA) is 81.1 Å². The Morgan fingerprint density at radius 1 is 1.21 bits per heavy atom. The summed E-state index contributed by atoms with van der Waals surface area (Å²) in [7, 11) is 0. The van der Waals surface area contributed by atoms with Crippen LogP contribution in [0.25, 0.3) is 0 Å². The molecule has 0 aromatic heterocycles. The number of hydrogen-bond donors (Lipinski definition) is 3. The number of primary amides is 1. The maximum Gasteiger partial charge on any atom is 0.248 e. The van der Waals surface area contributed by atoms with Gasteiger partial charge >= 0.3 is 0 Å². The standard InChI is InChI=1S/C14H14ClN3O/c15-11-6-5-9(14(17)19)7-13(11)18-8-10-3-1-2-4-12(10)16/h1-7,18H,8,16H2,(H2,17,19). The van der Waals surface area contributed by atoms with Gasteiger partial charge in [0.1, 0.15) is 0 Å². The zero-order valence-electron chi connectivity index (χ0n) is 10.2. The van der Waals surface area contributed by atoms with Gasteiger partial charge in [0.2, 0.25) is 5.91 Å². The monoisotopic (exact) mass is 275 g/mol. The number of anilines is 2. The van der Waals surface area contributed by atoms with Crippen LogP contribution in [-0.2, 0) is 6.54 Å². The van der Waals surface area contributed by atoms with E-state index in [2.05, 4.69) is 5.32 Å². The number of nitrogen functional groups attached to an aromatic ring is 1. The first-order valence-electron chi connectivity index (χ1n) is 5.74. The Kier molecular flexibility index (Phi) is 3.92. The van der Waals surface area contributed by atoms with Crippen molar-refractivity contribution in [2.75, 3.05) is 11.1 Å². The molecule has 2 rings (SSSR count). The van der Waals surface area contributed by atoms with Crippen molar-refractivity contribution in [3.05, 3.63) is 58.6 Å². The van der Waals surface area contributed by atoms with Crippen LogP contribution in [0, 0.1) is 0 Å². The predicted molar refractivity (Wildman–Crippen MR) is 78.2 cm³/mol. The zero-order chi connectivity index (χ0) is 13.8. The van der Waals surface area contributed by atoms with Crippen molar-refractivity contribution in [1.82, 2.24) is 0 Å². The van der Waals surface area contributed by atoms with Gasteiger partial charge in [-0.25, -0.2) is 0 Å². The molecule has 0 radical (unpaired) electrons. The van der Waals surface area contributed by atoms with E-state index in [4.69, 9.17) is 23.1 Å². The number of carbonyl (C=O) groups is 1. The highest BCUT2D eigenvalue weighted by Gasteiger charge is 2.06. The van der Waals surface area contributed by atoms with E-state index in [0.717, 1.165) is 5.56 Å². The molecule has 0 unspecified atom stereocenters. The van der Waals surface area contributed by atoms with E-state index in [9.17, 15) is 4.79 Å². The third kappa shape index (κ3) is 3.17. The second-order valence-corrected chi connectivity index (χ2v) is 4.52. The summed E-state index contributed by atoms with van der Waals surface area (Å²) in [5.41, 5.74) is 13.8. The average Bonchev–Trinajstić information content (AvgIpc) is 2.39. The first-order chi connectivity index (χ1) is 9.08. The van der Waals surface area contributed by atoms with Gasteiger partial charge in [-0.2, -0.15) is 0 Å². The zero-order valence-corrected chi connectivity index (χ0v) is 10.9. The van der Waals surface area contributed by atoms with Crippen molar-refractivity contribution >= 4 is 28.9 Å². The molecule has 0 saturated carbocycles. The SMILES string of the molecule is NC(=O)c1ccc(Cl)c(NCc2ccccc2N)c1. The molecule has 0 aliphatic rings. The summed E-state index contributed by atoms with van der Waals surface area (Å²) in [5.74, 6) is -0.487. The summed E-state index contributed by atoms with van der Waals surface area (Å²) in [4.78, 5) is 11.1. The Hall–Kier alpha value is -2.20. The Morgan fingerprint density at radius 2 is 1.95 bits per heavy atom. The highest BCUT2D eigenvalue weighted by molar-refractivity contribution is 6.33. The Balaban J connectivity index is 2.17. The van der Waals surface area contributed by atoms with Crippen LogP contribution < -0.4 is 16.8 Å². The fourth-order valence-corrected chi connectivity index (χ4v) is 1.88. The van der Waals surface area contributed by atoms with E-state index >= 15 is 0 Å². The second kappa shape index (κ2) is 5.63. The lowest BCUT2D eigenvalue weighted by Crippen LogP contribution is -2.11. The van der Waals surface area contributed by atoms with Crippen molar-refractivity contribution in [3.8, 4) is 0 Å². The highest BCUT2D eigenvalue weighted by atomic mass is 35.5. The van der Waals surface area contributed by atoms with Gasteiger partial charge in [0.05, 0.1) is 10.7 Å². The molecule has 98 valence electrons. The Morgan fingerprint density at radius 3 is 2.63 bits per heavy atom. The summed E-state index contributed by atoms with van der Waals surface area (Å²) in [6, 6.07) is 12.4. The van der Waals surface area contributed by atoms with Crippen LogP contribution in [0.15, 0.2) is 42.5 Å². The van der Waals surface area contributed by atoms with Crippen LogP contribution in [0.5, 0.6) is 0 Å². The van der Waals surface area contributed by atoms with Crippen molar-refractivity contribution in [3.63, 3.8) is 0 Å². The Bertz CT molecular complexity index is 613.